The van der Waals surface area contributed by atoms with Gasteiger partial charge in [0.15, 0.2) is 0 Å². The average molecular weight is 487 g/mol. The maximum Gasteiger partial charge on any atom is 0.416 e. The van der Waals surface area contributed by atoms with Crippen LogP contribution >= 0.6 is 11.6 Å². The average Bonchev–Trinajstić information content (AvgIpc) is 3.17. The van der Waals surface area contributed by atoms with Gasteiger partial charge in [-0.1, -0.05) is 11.6 Å². The van der Waals surface area contributed by atoms with E-state index in [4.69, 9.17) is 21.1 Å². The number of aliphatic hydroxyl groups is 1. The van der Waals surface area contributed by atoms with Crippen molar-refractivity contribution >= 4 is 29.1 Å². The van der Waals surface area contributed by atoms with E-state index in [0.717, 1.165) is 24.3 Å². The molecule has 3 rings (SSSR count). The molecular weight excluding hydrogens is 465 g/mol. The number of methoxy groups -OCH3 is 1. The lowest BCUT2D eigenvalue weighted by Gasteiger charge is -2.20. The maximum absolute atomic E-state index is 12.6. The van der Waals surface area contributed by atoms with Gasteiger partial charge >= 0.3 is 6.18 Å². The number of nitrogens with one attached hydrogen (secondary N) is 1. The second kappa shape index (κ2) is 10.3. The number of ether oxygens (including phenoxy) is 2. The van der Waals surface area contributed by atoms with E-state index in [1.807, 2.05) is 0 Å². The second-order valence-corrected chi connectivity index (χ2v) is 7.89. The van der Waals surface area contributed by atoms with Crippen molar-refractivity contribution in [1.29, 1.82) is 0 Å². The molecule has 0 radical (unpaired) electrons. The molecular formula is C22H22ClF3N2O5. The molecule has 1 aliphatic rings. The molecule has 1 heterocycles. The van der Waals surface area contributed by atoms with Gasteiger partial charge in [0.25, 0.3) is 0 Å². The third-order valence-corrected chi connectivity index (χ3v) is 5.30. The first-order chi connectivity index (χ1) is 15.6. The Morgan fingerprint density at radius 2 is 1.97 bits per heavy atom. The highest BCUT2D eigenvalue weighted by Crippen LogP contribution is 2.35. The van der Waals surface area contributed by atoms with E-state index in [2.05, 4.69) is 5.32 Å². The molecule has 0 aromatic heterocycles. The topological polar surface area (TPSA) is 88.1 Å². The van der Waals surface area contributed by atoms with Gasteiger partial charge in [0.1, 0.15) is 24.2 Å². The number of aliphatic hydroxyl groups excluding tert-OH is 1. The number of carbonyl (C=O) groups is 2. The molecule has 0 saturated carbocycles. The van der Waals surface area contributed by atoms with E-state index in [9.17, 15) is 27.9 Å². The lowest BCUT2D eigenvalue weighted by Crippen LogP contribution is -2.39. The number of alkyl halides is 3. The van der Waals surface area contributed by atoms with Crippen LogP contribution in [-0.2, 0) is 15.8 Å². The summed E-state index contributed by atoms with van der Waals surface area (Å²) in [4.78, 5) is 26.4. The predicted octanol–water partition coefficient (Wildman–Crippen LogP) is 3.28. The minimum atomic E-state index is -4.45. The van der Waals surface area contributed by atoms with Gasteiger partial charge in [-0.2, -0.15) is 13.2 Å². The zero-order chi connectivity index (χ0) is 24.2. The van der Waals surface area contributed by atoms with Crippen LogP contribution in [0.1, 0.15) is 12.0 Å². The van der Waals surface area contributed by atoms with Crippen molar-refractivity contribution in [3.63, 3.8) is 0 Å². The minimum absolute atomic E-state index is 0.0142. The fourth-order valence-electron chi connectivity index (χ4n) is 3.34. The highest BCUT2D eigenvalue weighted by atomic mass is 35.5. The molecule has 1 saturated heterocycles. The standard InChI is InChI=1S/C22H22ClF3N2O5/c1-32-19-7-4-15(23)9-18(19)28-11-13(8-20(28)30)21(31)27-10-16(29)12-33-17-5-2-14(3-6-17)22(24,25)26/h2-7,9,13,16,29H,8,10-12H2,1H3,(H,27,31). The zero-order valence-electron chi connectivity index (χ0n) is 17.6. The van der Waals surface area contributed by atoms with Crippen LogP contribution in [0.3, 0.4) is 0 Å². The van der Waals surface area contributed by atoms with E-state index >= 15 is 0 Å². The van der Waals surface area contributed by atoms with Crippen LogP contribution in [0.25, 0.3) is 0 Å². The first-order valence-electron chi connectivity index (χ1n) is 9.98. The summed E-state index contributed by atoms with van der Waals surface area (Å²) in [5.74, 6) is -0.711. The smallest absolute Gasteiger partial charge is 0.416 e. The van der Waals surface area contributed by atoms with Crippen LogP contribution in [0.4, 0.5) is 18.9 Å². The summed E-state index contributed by atoms with van der Waals surface area (Å²) < 4.78 is 48.3. The number of benzene rings is 2. The lowest BCUT2D eigenvalue weighted by molar-refractivity contribution is -0.137. The molecule has 2 unspecified atom stereocenters. The summed E-state index contributed by atoms with van der Waals surface area (Å²) in [6, 6.07) is 8.89. The van der Waals surface area contributed by atoms with Gasteiger partial charge < -0.3 is 24.8 Å². The second-order valence-electron chi connectivity index (χ2n) is 7.45. The molecule has 0 bridgehead atoms. The van der Waals surface area contributed by atoms with Crippen LogP contribution < -0.4 is 19.7 Å². The molecule has 1 fully saturated rings. The Morgan fingerprint density at radius 3 is 2.61 bits per heavy atom. The third-order valence-electron chi connectivity index (χ3n) is 5.06. The summed E-state index contributed by atoms with van der Waals surface area (Å²) in [7, 11) is 1.46. The quantitative estimate of drug-likeness (QED) is 0.598. The molecule has 7 nitrogen and oxygen atoms in total. The van der Waals surface area contributed by atoms with E-state index in [-0.39, 0.29) is 37.8 Å². The molecule has 2 aromatic carbocycles. The summed E-state index contributed by atoms with van der Waals surface area (Å²) in [5, 5.41) is 13.0. The number of anilines is 1. The monoisotopic (exact) mass is 486 g/mol. The Kier molecular flexibility index (Phi) is 7.70. The molecule has 33 heavy (non-hydrogen) atoms. The number of hydrogen-bond acceptors (Lipinski definition) is 5. The molecule has 2 N–H and O–H groups in total. The van der Waals surface area contributed by atoms with Crippen LogP contribution in [0.2, 0.25) is 5.02 Å². The van der Waals surface area contributed by atoms with E-state index in [1.54, 1.807) is 18.2 Å². The highest BCUT2D eigenvalue weighted by molar-refractivity contribution is 6.31. The molecule has 178 valence electrons. The van der Waals surface area contributed by atoms with Gasteiger partial charge in [-0.05, 0) is 42.5 Å². The zero-order valence-corrected chi connectivity index (χ0v) is 18.3. The van der Waals surface area contributed by atoms with Crippen LogP contribution in [-0.4, -0.2) is 49.8 Å². The SMILES string of the molecule is COc1ccc(Cl)cc1N1CC(C(=O)NCC(O)COc2ccc(C(F)(F)F)cc2)CC1=O. The summed E-state index contributed by atoms with van der Waals surface area (Å²) in [6.07, 6.45) is -5.56. The van der Waals surface area contributed by atoms with Crippen molar-refractivity contribution in [2.24, 2.45) is 5.92 Å². The van der Waals surface area contributed by atoms with Crippen LogP contribution in [0, 0.1) is 5.92 Å². The van der Waals surface area contributed by atoms with Crippen LogP contribution in [0.15, 0.2) is 42.5 Å². The minimum Gasteiger partial charge on any atom is -0.495 e. The fraction of sp³-hybridized carbons (Fsp3) is 0.364. The Labute approximate surface area is 193 Å². The Bertz CT molecular complexity index is 1000. The first kappa shape index (κ1) is 24.7. The van der Waals surface area contributed by atoms with Crippen molar-refractivity contribution in [3.05, 3.63) is 53.1 Å². The van der Waals surface area contributed by atoms with Gasteiger partial charge in [0.2, 0.25) is 11.8 Å². The Balaban J connectivity index is 1.49. The van der Waals surface area contributed by atoms with E-state index < -0.39 is 29.7 Å². The van der Waals surface area contributed by atoms with Gasteiger partial charge in [-0.3, -0.25) is 9.59 Å². The van der Waals surface area contributed by atoms with Gasteiger partial charge in [0, 0.05) is 24.5 Å². The number of rotatable bonds is 8. The van der Waals surface area contributed by atoms with Crippen LogP contribution in [0.5, 0.6) is 11.5 Å². The largest absolute Gasteiger partial charge is 0.495 e. The van der Waals surface area contributed by atoms with E-state index in [1.165, 1.54) is 12.0 Å². The van der Waals surface area contributed by atoms with Crippen molar-refractivity contribution in [3.8, 4) is 11.5 Å². The van der Waals surface area contributed by atoms with Gasteiger partial charge in [0.05, 0.1) is 24.3 Å². The summed E-state index contributed by atoms with van der Waals surface area (Å²) >= 11 is 6.02. The van der Waals surface area contributed by atoms with Gasteiger partial charge in [-0.25, -0.2) is 0 Å². The fourth-order valence-corrected chi connectivity index (χ4v) is 3.51. The molecule has 2 aromatic rings. The highest BCUT2D eigenvalue weighted by Gasteiger charge is 2.36. The summed E-state index contributed by atoms with van der Waals surface area (Å²) in [5.41, 5.74) is -0.339. The number of halogens is 4. The number of nitrogens with zero attached hydrogens (tertiary/aromatic N) is 1. The lowest BCUT2D eigenvalue weighted by atomic mass is 10.1. The summed E-state index contributed by atoms with van der Waals surface area (Å²) in [6.45, 7) is -0.259. The normalized spacial score (nSPS) is 17.1. The first-order valence-corrected chi connectivity index (χ1v) is 10.4. The molecule has 1 aliphatic heterocycles. The number of amides is 2. The number of hydrogen-bond donors (Lipinski definition) is 2. The van der Waals surface area contributed by atoms with Crippen molar-refractivity contribution in [2.45, 2.75) is 18.7 Å². The molecule has 0 spiro atoms. The molecule has 2 amide bonds. The van der Waals surface area contributed by atoms with E-state index in [0.29, 0.717) is 16.5 Å². The maximum atomic E-state index is 12.6. The van der Waals surface area contributed by atoms with Crippen molar-refractivity contribution in [1.82, 2.24) is 5.32 Å². The Hall–Kier alpha value is -2.98. The predicted molar refractivity (Wildman–Crippen MR) is 114 cm³/mol. The third kappa shape index (κ3) is 6.29. The number of carbonyl (C=O) groups excluding carboxylic acids is 2. The Morgan fingerprint density at radius 1 is 1.27 bits per heavy atom. The van der Waals surface area contributed by atoms with Crippen molar-refractivity contribution in [2.75, 3.05) is 31.7 Å². The molecule has 0 aliphatic carbocycles. The molecule has 11 heteroatoms. The van der Waals surface area contributed by atoms with Crippen molar-refractivity contribution < 1.29 is 37.3 Å². The molecule has 2 atom stereocenters. The van der Waals surface area contributed by atoms with Gasteiger partial charge in [-0.15, -0.1) is 0 Å².